The number of aromatic nitrogens is 2. The van der Waals surface area contributed by atoms with E-state index in [1.807, 2.05) is 0 Å². The zero-order chi connectivity index (χ0) is 12.3. The van der Waals surface area contributed by atoms with Crippen LogP contribution in [0.3, 0.4) is 0 Å². The first kappa shape index (κ1) is 12.3. The fourth-order valence-corrected chi connectivity index (χ4v) is 0.855. The number of anilines is 1. The summed E-state index contributed by atoms with van der Waals surface area (Å²) in [6, 6.07) is 2.64. The second-order valence-corrected chi connectivity index (χ2v) is 3.44. The van der Waals surface area contributed by atoms with Gasteiger partial charge in [-0.15, -0.1) is 0 Å². The van der Waals surface area contributed by atoms with Crippen molar-refractivity contribution in [3.8, 4) is 0 Å². The Morgan fingerprint density at radius 2 is 1.75 bits per heavy atom. The highest BCUT2D eigenvalue weighted by atomic mass is 32.3. The van der Waals surface area contributed by atoms with Crippen molar-refractivity contribution in [3.63, 3.8) is 0 Å². The molecule has 88 valence electrons. The third-order valence-electron chi connectivity index (χ3n) is 1.40. The van der Waals surface area contributed by atoms with Gasteiger partial charge in [-0.3, -0.25) is 9.11 Å². The highest BCUT2D eigenvalue weighted by Crippen LogP contribution is 2.19. The van der Waals surface area contributed by atoms with Gasteiger partial charge in [-0.1, -0.05) is 0 Å². The molecule has 16 heavy (non-hydrogen) atoms. The Hall–Kier alpha value is -1.78. The van der Waals surface area contributed by atoms with E-state index in [9.17, 15) is 4.39 Å². The van der Waals surface area contributed by atoms with E-state index in [-0.39, 0.29) is 11.0 Å². The van der Waals surface area contributed by atoms with E-state index in [1.54, 1.807) is 0 Å². The molecule has 0 aliphatic carbocycles. The first-order valence-corrected chi connectivity index (χ1v) is 5.05. The van der Waals surface area contributed by atoms with Crippen LogP contribution in [0.5, 0.6) is 0 Å². The summed E-state index contributed by atoms with van der Waals surface area (Å²) in [5.74, 6) is -0.476. The lowest BCUT2D eigenvalue weighted by molar-refractivity contribution is 0.314. The van der Waals surface area contributed by atoms with Gasteiger partial charge >= 0.3 is 10.4 Å². The van der Waals surface area contributed by atoms with Crippen LogP contribution in [-0.2, 0) is 10.4 Å². The lowest BCUT2D eigenvalue weighted by atomic mass is 10.2. The Bertz CT molecular complexity index is 551. The second kappa shape index (κ2) is 4.38. The molecule has 2 rings (SSSR count). The summed E-state index contributed by atoms with van der Waals surface area (Å²) < 4.78 is 48.7. The molecule has 0 spiro atoms. The molecule has 0 fully saturated rings. The highest BCUT2D eigenvalue weighted by molar-refractivity contribution is 7.79. The molecular formula is C6H6FN3O5S. The summed E-state index contributed by atoms with van der Waals surface area (Å²) in [7, 11) is -4.67. The number of nitrogen functional groups attached to an aromatic ring is 1. The van der Waals surface area contributed by atoms with Crippen LogP contribution in [0.2, 0.25) is 0 Å². The number of nitrogens with two attached hydrogens (primary N) is 1. The van der Waals surface area contributed by atoms with Crippen molar-refractivity contribution < 1.29 is 26.5 Å². The fourth-order valence-electron chi connectivity index (χ4n) is 0.855. The fraction of sp³-hybridized carbons (Fsp3) is 0. The van der Waals surface area contributed by atoms with Crippen LogP contribution < -0.4 is 5.73 Å². The summed E-state index contributed by atoms with van der Waals surface area (Å²) >= 11 is 0. The van der Waals surface area contributed by atoms with Crippen LogP contribution in [0.1, 0.15) is 0 Å². The van der Waals surface area contributed by atoms with Crippen molar-refractivity contribution >= 4 is 27.1 Å². The third kappa shape index (κ3) is 3.42. The zero-order valence-electron chi connectivity index (χ0n) is 7.53. The third-order valence-corrected chi connectivity index (χ3v) is 1.40. The molecule has 0 bridgehead atoms. The van der Waals surface area contributed by atoms with Gasteiger partial charge in [0.1, 0.15) is 0 Å². The Morgan fingerprint density at radius 1 is 1.25 bits per heavy atom. The predicted octanol–water partition coefficient (Wildman–Crippen LogP) is 0.291. The van der Waals surface area contributed by atoms with Gasteiger partial charge in [0.2, 0.25) is 0 Å². The van der Waals surface area contributed by atoms with Gasteiger partial charge in [0, 0.05) is 0 Å². The maximum atomic E-state index is 12.8. The predicted molar refractivity (Wildman–Crippen MR) is 50.4 cm³/mol. The first-order valence-electron chi connectivity index (χ1n) is 3.65. The minimum Gasteiger partial charge on any atom is -0.397 e. The summed E-state index contributed by atoms with van der Waals surface area (Å²) in [4.78, 5) is 0. The van der Waals surface area contributed by atoms with Crippen LogP contribution in [0.25, 0.3) is 11.0 Å². The molecule has 2 aromatic rings. The molecule has 0 radical (unpaired) electrons. The number of rotatable bonds is 0. The van der Waals surface area contributed by atoms with Crippen molar-refractivity contribution in [3.05, 3.63) is 17.9 Å². The SMILES string of the molecule is Nc1ccc(F)c2nonc12.O=S(=O)(O)O. The van der Waals surface area contributed by atoms with E-state index in [1.165, 1.54) is 12.1 Å². The lowest BCUT2D eigenvalue weighted by Gasteiger charge is -1.90. The Labute approximate surface area is 88.4 Å². The smallest absolute Gasteiger partial charge is 0.394 e. The molecular weight excluding hydrogens is 245 g/mol. The Morgan fingerprint density at radius 3 is 2.25 bits per heavy atom. The Balaban J connectivity index is 0.000000221. The number of hydrogen-bond acceptors (Lipinski definition) is 6. The Kier molecular flexibility index (Phi) is 3.37. The standard InChI is InChI=1S/C6H4FN3O.H2O4S/c7-3-1-2-4(8)6-5(3)9-11-10-6;1-5(2,3)4/h1-2H,8H2;(H2,1,2,3,4). The number of nitrogens with zero attached hydrogens (tertiary/aromatic N) is 2. The lowest BCUT2D eigenvalue weighted by Crippen LogP contribution is -1.89. The van der Waals surface area contributed by atoms with Crippen LogP contribution in [0, 0.1) is 5.82 Å². The minimum absolute atomic E-state index is 0.0741. The summed E-state index contributed by atoms with van der Waals surface area (Å²) in [5, 5.41) is 6.77. The summed E-state index contributed by atoms with van der Waals surface area (Å²) in [6.45, 7) is 0. The van der Waals surface area contributed by atoms with E-state index < -0.39 is 16.2 Å². The molecule has 0 unspecified atom stereocenters. The summed E-state index contributed by atoms with van der Waals surface area (Å²) in [6.07, 6.45) is 0. The molecule has 0 atom stereocenters. The minimum atomic E-state index is -4.67. The van der Waals surface area contributed by atoms with Crippen molar-refractivity contribution in [2.45, 2.75) is 0 Å². The van der Waals surface area contributed by atoms with Crippen LogP contribution in [0.15, 0.2) is 16.8 Å². The second-order valence-electron chi connectivity index (χ2n) is 2.55. The molecule has 1 heterocycles. The average molecular weight is 251 g/mol. The van der Waals surface area contributed by atoms with E-state index in [2.05, 4.69) is 14.9 Å². The van der Waals surface area contributed by atoms with Gasteiger partial charge in [-0.25, -0.2) is 9.02 Å². The molecule has 0 aliphatic rings. The van der Waals surface area contributed by atoms with Crippen molar-refractivity contribution in [2.24, 2.45) is 0 Å². The average Bonchev–Trinajstić information content (AvgIpc) is 2.58. The van der Waals surface area contributed by atoms with Gasteiger partial charge in [0.25, 0.3) is 0 Å². The van der Waals surface area contributed by atoms with Crippen LogP contribution in [-0.4, -0.2) is 27.8 Å². The quantitative estimate of drug-likeness (QED) is 0.448. The maximum Gasteiger partial charge on any atom is 0.394 e. The molecule has 1 aromatic carbocycles. The van der Waals surface area contributed by atoms with Gasteiger partial charge in [0.15, 0.2) is 16.9 Å². The van der Waals surface area contributed by atoms with E-state index in [4.69, 9.17) is 23.3 Å². The van der Waals surface area contributed by atoms with Crippen molar-refractivity contribution in [1.29, 1.82) is 0 Å². The molecule has 0 amide bonds. The van der Waals surface area contributed by atoms with E-state index >= 15 is 0 Å². The number of benzene rings is 1. The van der Waals surface area contributed by atoms with Crippen LogP contribution in [0.4, 0.5) is 10.1 Å². The highest BCUT2D eigenvalue weighted by Gasteiger charge is 2.08. The largest absolute Gasteiger partial charge is 0.397 e. The van der Waals surface area contributed by atoms with Crippen LogP contribution >= 0.6 is 0 Å². The molecule has 0 saturated carbocycles. The number of hydrogen-bond donors (Lipinski definition) is 3. The number of halogens is 1. The van der Waals surface area contributed by atoms with Crippen molar-refractivity contribution in [2.75, 3.05) is 5.73 Å². The van der Waals surface area contributed by atoms with Gasteiger partial charge in [-0.05, 0) is 22.4 Å². The maximum absolute atomic E-state index is 12.8. The van der Waals surface area contributed by atoms with E-state index in [0.717, 1.165) is 0 Å². The molecule has 0 saturated heterocycles. The molecule has 0 aliphatic heterocycles. The zero-order valence-corrected chi connectivity index (χ0v) is 8.35. The topological polar surface area (TPSA) is 140 Å². The summed E-state index contributed by atoms with van der Waals surface area (Å²) in [5.41, 5.74) is 6.15. The molecule has 10 heteroatoms. The van der Waals surface area contributed by atoms with E-state index in [0.29, 0.717) is 5.69 Å². The van der Waals surface area contributed by atoms with Gasteiger partial charge < -0.3 is 5.73 Å². The molecule has 4 N–H and O–H groups in total. The van der Waals surface area contributed by atoms with Gasteiger partial charge in [0.05, 0.1) is 5.69 Å². The molecule has 8 nitrogen and oxygen atoms in total. The number of fused-ring (bicyclic) bond motifs is 1. The van der Waals surface area contributed by atoms with Crippen molar-refractivity contribution in [1.82, 2.24) is 10.3 Å². The monoisotopic (exact) mass is 251 g/mol. The van der Waals surface area contributed by atoms with Gasteiger partial charge in [-0.2, -0.15) is 8.42 Å². The molecule has 1 aromatic heterocycles. The normalized spacial score (nSPS) is 10.9. The first-order chi connectivity index (χ1) is 7.29.